The normalized spacial score (nSPS) is 10.5. The minimum Gasteiger partial charge on any atom is -0.318 e. The summed E-state index contributed by atoms with van der Waals surface area (Å²) in [6, 6.07) is 30.7. The summed E-state index contributed by atoms with van der Waals surface area (Å²) in [6.07, 6.45) is 0. The maximum Gasteiger partial charge on any atom is 0.314 e. The first-order chi connectivity index (χ1) is 14.2. The minimum absolute atomic E-state index is 0.579. The first-order valence-electron chi connectivity index (χ1n) is 9.12. The Labute approximate surface area is 173 Å². The number of nitrogens with one attached hydrogen (secondary N) is 2. The Morgan fingerprint density at radius 3 is 2.10 bits per heavy atom. The number of para-hydroxylation sites is 1. The molecule has 0 aromatic heterocycles. The molecule has 5 heteroatoms. The first-order valence-corrected chi connectivity index (χ1v) is 9.94. The molecule has 0 aliphatic heterocycles. The molecule has 0 atom stereocenters. The Morgan fingerprint density at radius 2 is 1.28 bits per heavy atom. The zero-order chi connectivity index (χ0) is 20.1. The van der Waals surface area contributed by atoms with Crippen LogP contribution in [0.1, 0.15) is 0 Å². The van der Waals surface area contributed by atoms with Crippen molar-refractivity contribution in [2.24, 2.45) is 0 Å². The van der Waals surface area contributed by atoms with E-state index < -0.39 is 11.8 Å². The lowest BCUT2D eigenvalue weighted by Crippen LogP contribution is -2.29. The molecule has 0 fully saturated rings. The van der Waals surface area contributed by atoms with Crippen LogP contribution in [0, 0.1) is 0 Å². The van der Waals surface area contributed by atoms with Crippen molar-refractivity contribution in [1.29, 1.82) is 0 Å². The van der Waals surface area contributed by atoms with Gasteiger partial charge in [0.2, 0.25) is 0 Å². The highest BCUT2D eigenvalue weighted by molar-refractivity contribution is 7.99. The van der Waals surface area contributed by atoms with E-state index in [-0.39, 0.29) is 0 Å². The summed E-state index contributed by atoms with van der Waals surface area (Å²) in [4.78, 5) is 26.8. The molecule has 4 aromatic carbocycles. The van der Waals surface area contributed by atoms with Crippen LogP contribution in [0.25, 0.3) is 10.8 Å². The number of rotatable bonds is 4. The topological polar surface area (TPSA) is 58.2 Å². The highest BCUT2D eigenvalue weighted by Crippen LogP contribution is 2.33. The lowest BCUT2D eigenvalue weighted by Gasteiger charge is -2.11. The van der Waals surface area contributed by atoms with Crippen LogP contribution in [-0.4, -0.2) is 11.8 Å². The van der Waals surface area contributed by atoms with Crippen LogP contribution in [0.2, 0.25) is 0 Å². The van der Waals surface area contributed by atoms with Crippen molar-refractivity contribution in [1.82, 2.24) is 0 Å². The Morgan fingerprint density at radius 1 is 0.621 bits per heavy atom. The Bertz CT molecular complexity index is 1180. The third kappa shape index (κ3) is 4.65. The van der Waals surface area contributed by atoms with E-state index in [1.54, 1.807) is 12.1 Å². The third-order valence-electron chi connectivity index (χ3n) is 4.32. The summed E-state index contributed by atoms with van der Waals surface area (Å²) >= 11 is 1.53. The number of hydrogen-bond donors (Lipinski definition) is 2. The molecular formula is C24H18N2O2S. The average Bonchev–Trinajstić information content (AvgIpc) is 2.75. The van der Waals surface area contributed by atoms with Gasteiger partial charge in [-0.1, -0.05) is 72.4 Å². The quantitative estimate of drug-likeness (QED) is 0.442. The van der Waals surface area contributed by atoms with Crippen LogP contribution in [-0.2, 0) is 9.59 Å². The van der Waals surface area contributed by atoms with Gasteiger partial charge in [-0.05, 0) is 47.2 Å². The van der Waals surface area contributed by atoms with Gasteiger partial charge in [-0.3, -0.25) is 9.59 Å². The summed E-state index contributed by atoms with van der Waals surface area (Å²) in [5, 5.41) is 7.45. The molecule has 2 N–H and O–H groups in total. The van der Waals surface area contributed by atoms with Gasteiger partial charge >= 0.3 is 11.8 Å². The zero-order valence-corrected chi connectivity index (χ0v) is 16.3. The maximum absolute atomic E-state index is 12.5. The van der Waals surface area contributed by atoms with Crippen LogP contribution in [0.5, 0.6) is 0 Å². The number of benzene rings is 4. The van der Waals surface area contributed by atoms with Gasteiger partial charge in [-0.2, -0.15) is 0 Å². The average molecular weight is 398 g/mol. The van der Waals surface area contributed by atoms with E-state index in [9.17, 15) is 9.59 Å². The van der Waals surface area contributed by atoms with Gasteiger partial charge in [0.15, 0.2) is 0 Å². The Hall–Kier alpha value is -3.57. The zero-order valence-electron chi connectivity index (χ0n) is 15.5. The summed E-state index contributed by atoms with van der Waals surface area (Å²) in [5.74, 6) is -1.42. The van der Waals surface area contributed by atoms with Gasteiger partial charge in [-0.15, -0.1) is 0 Å². The van der Waals surface area contributed by atoms with E-state index in [0.29, 0.717) is 11.4 Å². The Kier molecular flexibility index (Phi) is 5.59. The predicted molar refractivity (Wildman–Crippen MR) is 118 cm³/mol. The number of hydrogen-bond acceptors (Lipinski definition) is 3. The predicted octanol–water partition coefficient (Wildman–Crippen LogP) is 5.57. The van der Waals surface area contributed by atoms with Gasteiger partial charge in [0.25, 0.3) is 0 Å². The maximum atomic E-state index is 12.5. The highest BCUT2D eigenvalue weighted by Gasteiger charge is 2.16. The largest absolute Gasteiger partial charge is 0.318 e. The highest BCUT2D eigenvalue weighted by atomic mass is 32.2. The third-order valence-corrected chi connectivity index (χ3v) is 5.40. The van der Waals surface area contributed by atoms with E-state index in [0.717, 1.165) is 20.6 Å². The second-order valence-corrected chi connectivity index (χ2v) is 7.50. The number of fused-ring (bicyclic) bond motifs is 1. The lowest BCUT2D eigenvalue weighted by molar-refractivity contribution is -0.133. The van der Waals surface area contributed by atoms with Crippen molar-refractivity contribution < 1.29 is 9.59 Å². The van der Waals surface area contributed by atoms with Gasteiger partial charge in [0, 0.05) is 15.5 Å². The van der Waals surface area contributed by atoms with Crippen LogP contribution in [0.4, 0.5) is 11.4 Å². The summed E-state index contributed by atoms with van der Waals surface area (Å²) in [5.41, 5.74) is 1.18. The fourth-order valence-electron chi connectivity index (χ4n) is 2.91. The van der Waals surface area contributed by atoms with Crippen LogP contribution in [0.3, 0.4) is 0 Å². The van der Waals surface area contributed by atoms with Crippen molar-refractivity contribution in [2.45, 2.75) is 9.79 Å². The molecule has 4 rings (SSSR count). The van der Waals surface area contributed by atoms with Crippen molar-refractivity contribution in [3.8, 4) is 0 Å². The fourth-order valence-corrected chi connectivity index (χ4v) is 3.83. The number of carbonyl (C=O) groups excluding carboxylic acids is 2. The molecule has 2 amide bonds. The van der Waals surface area contributed by atoms with Crippen molar-refractivity contribution >= 4 is 45.7 Å². The number of anilines is 2. The standard InChI is InChI=1S/C24H18N2O2S/c27-23(25-19-15-14-17-8-4-5-9-18(17)16-19)24(28)26-21-12-6-7-13-22(21)29-20-10-2-1-3-11-20/h1-16H,(H,25,27)(H,26,28). The molecule has 0 heterocycles. The van der Waals surface area contributed by atoms with Gasteiger partial charge < -0.3 is 10.6 Å². The monoisotopic (exact) mass is 398 g/mol. The molecule has 0 aliphatic rings. The molecule has 0 saturated heterocycles. The van der Waals surface area contributed by atoms with Gasteiger partial charge in [0.05, 0.1) is 5.69 Å². The smallest absolute Gasteiger partial charge is 0.314 e. The second kappa shape index (κ2) is 8.63. The van der Waals surface area contributed by atoms with Crippen molar-refractivity contribution in [3.05, 3.63) is 97.1 Å². The van der Waals surface area contributed by atoms with Gasteiger partial charge in [-0.25, -0.2) is 0 Å². The van der Waals surface area contributed by atoms with Crippen molar-refractivity contribution in [3.63, 3.8) is 0 Å². The summed E-state index contributed by atoms with van der Waals surface area (Å²) in [6.45, 7) is 0. The van der Waals surface area contributed by atoms with E-state index in [1.165, 1.54) is 11.8 Å². The molecular weight excluding hydrogens is 380 g/mol. The second-order valence-electron chi connectivity index (χ2n) is 6.38. The molecule has 0 bridgehead atoms. The summed E-state index contributed by atoms with van der Waals surface area (Å²) < 4.78 is 0. The molecule has 0 aliphatic carbocycles. The molecule has 142 valence electrons. The van der Waals surface area contributed by atoms with E-state index in [2.05, 4.69) is 10.6 Å². The van der Waals surface area contributed by atoms with E-state index in [4.69, 9.17) is 0 Å². The number of carbonyl (C=O) groups is 2. The molecule has 0 spiro atoms. The van der Waals surface area contributed by atoms with Gasteiger partial charge in [0.1, 0.15) is 0 Å². The van der Waals surface area contributed by atoms with Crippen molar-refractivity contribution in [2.75, 3.05) is 10.6 Å². The fraction of sp³-hybridized carbons (Fsp3) is 0. The Balaban J connectivity index is 1.46. The summed E-state index contributed by atoms with van der Waals surface area (Å²) in [7, 11) is 0. The molecule has 4 aromatic rings. The lowest BCUT2D eigenvalue weighted by atomic mass is 10.1. The SMILES string of the molecule is O=C(Nc1ccc2ccccc2c1)C(=O)Nc1ccccc1Sc1ccccc1. The molecule has 0 saturated carbocycles. The molecule has 0 radical (unpaired) electrons. The van der Waals surface area contributed by atoms with E-state index in [1.807, 2.05) is 84.9 Å². The van der Waals surface area contributed by atoms with E-state index >= 15 is 0 Å². The number of amides is 2. The molecule has 4 nitrogen and oxygen atoms in total. The first kappa shape index (κ1) is 18.8. The van der Waals surface area contributed by atoms with Crippen LogP contribution < -0.4 is 10.6 Å². The molecule has 0 unspecified atom stereocenters. The minimum atomic E-state index is -0.709. The van der Waals surface area contributed by atoms with Crippen LogP contribution >= 0.6 is 11.8 Å². The molecule has 29 heavy (non-hydrogen) atoms. The van der Waals surface area contributed by atoms with Crippen LogP contribution in [0.15, 0.2) is 107 Å².